The minimum Gasteiger partial charge on any atom is -0.363 e. The first-order valence-corrected chi connectivity index (χ1v) is 9.54. The van der Waals surface area contributed by atoms with Crippen molar-refractivity contribution >= 4 is 38.3 Å². The number of nitrogens with zero attached hydrogens (tertiary/aromatic N) is 2. The van der Waals surface area contributed by atoms with Crippen LogP contribution in [0.15, 0.2) is 59.2 Å². The van der Waals surface area contributed by atoms with Crippen LogP contribution in [0.25, 0.3) is 16.6 Å². The van der Waals surface area contributed by atoms with E-state index in [1.807, 2.05) is 47.9 Å². The molecular weight excluding hydrogens is 431 g/mol. The molecule has 0 saturated heterocycles. The van der Waals surface area contributed by atoms with Crippen LogP contribution in [0.5, 0.6) is 0 Å². The summed E-state index contributed by atoms with van der Waals surface area (Å²) in [5, 5.41) is 4.20. The Morgan fingerprint density at radius 3 is 2.64 bits per heavy atom. The molecule has 0 aliphatic heterocycles. The van der Waals surface area contributed by atoms with Gasteiger partial charge in [0.2, 0.25) is 0 Å². The zero-order chi connectivity index (χ0) is 20.1. The summed E-state index contributed by atoms with van der Waals surface area (Å²) in [6, 6.07) is 13.6. The summed E-state index contributed by atoms with van der Waals surface area (Å²) in [6.45, 7) is 3.35. The smallest absolute Gasteiger partial charge is 0.363 e. The number of halogens is 4. The van der Waals surface area contributed by atoms with Gasteiger partial charge in [0.25, 0.3) is 0 Å². The fourth-order valence-corrected chi connectivity index (χ4v) is 3.93. The number of aromatic nitrogens is 2. The zero-order valence-electron chi connectivity index (χ0n) is 15.2. The maximum Gasteiger partial charge on any atom is 0.416 e. The molecule has 0 aliphatic carbocycles. The molecule has 2 aromatic heterocycles. The Balaban J connectivity index is 1.81. The molecule has 1 N–H and O–H groups in total. The van der Waals surface area contributed by atoms with Gasteiger partial charge in [-0.1, -0.05) is 28.1 Å². The molecule has 2 heterocycles. The molecule has 1 unspecified atom stereocenters. The number of nitrogens with one attached hydrogen (secondary N) is 1. The van der Waals surface area contributed by atoms with Gasteiger partial charge >= 0.3 is 6.18 Å². The van der Waals surface area contributed by atoms with Crippen LogP contribution in [0.2, 0.25) is 0 Å². The van der Waals surface area contributed by atoms with Crippen molar-refractivity contribution in [3.63, 3.8) is 0 Å². The molecule has 144 valence electrons. The summed E-state index contributed by atoms with van der Waals surface area (Å²) >= 11 is 3.49. The van der Waals surface area contributed by atoms with Gasteiger partial charge in [0, 0.05) is 16.1 Å². The van der Waals surface area contributed by atoms with Crippen LogP contribution < -0.4 is 5.32 Å². The number of rotatable bonds is 3. The maximum atomic E-state index is 13.3. The molecule has 0 aliphatic rings. The van der Waals surface area contributed by atoms with Crippen molar-refractivity contribution in [1.82, 2.24) is 9.38 Å². The van der Waals surface area contributed by atoms with Crippen LogP contribution in [-0.2, 0) is 6.18 Å². The molecule has 0 amide bonds. The molecule has 3 nitrogen and oxygen atoms in total. The molecule has 0 spiro atoms. The van der Waals surface area contributed by atoms with E-state index in [9.17, 15) is 13.2 Å². The van der Waals surface area contributed by atoms with Gasteiger partial charge in [-0.3, -0.25) is 0 Å². The lowest BCUT2D eigenvalue weighted by Crippen LogP contribution is -2.14. The third-order valence-corrected chi connectivity index (χ3v) is 5.42. The number of hydrogen-bond acceptors (Lipinski definition) is 2. The van der Waals surface area contributed by atoms with Gasteiger partial charge in [-0.2, -0.15) is 13.2 Å². The molecule has 4 aromatic rings. The van der Waals surface area contributed by atoms with Gasteiger partial charge in [0.05, 0.1) is 17.1 Å². The van der Waals surface area contributed by atoms with Crippen LogP contribution in [0.3, 0.4) is 0 Å². The lowest BCUT2D eigenvalue weighted by atomic mass is 9.97. The van der Waals surface area contributed by atoms with Gasteiger partial charge < -0.3 is 9.72 Å². The summed E-state index contributed by atoms with van der Waals surface area (Å²) in [5.74, 6) is 0.631. The second kappa shape index (κ2) is 6.81. The van der Waals surface area contributed by atoms with E-state index in [1.54, 1.807) is 6.07 Å². The second-order valence-corrected chi connectivity index (χ2v) is 7.66. The molecule has 0 radical (unpaired) electrons. The zero-order valence-corrected chi connectivity index (χ0v) is 16.8. The van der Waals surface area contributed by atoms with Gasteiger partial charge in [0.1, 0.15) is 11.5 Å². The average Bonchev–Trinajstić information content (AvgIpc) is 3.09. The fourth-order valence-electron chi connectivity index (χ4n) is 3.57. The lowest BCUT2D eigenvalue weighted by molar-refractivity contribution is -0.138. The van der Waals surface area contributed by atoms with E-state index in [2.05, 4.69) is 26.2 Å². The highest BCUT2D eigenvalue weighted by Gasteiger charge is 2.33. The van der Waals surface area contributed by atoms with E-state index < -0.39 is 11.7 Å². The first kappa shape index (κ1) is 18.8. The van der Waals surface area contributed by atoms with Gasteiger partial charge in [-0.05, 0) is 61.4 Å². The van der Waals surface area contributed by atoms with Crippen molar-refractivity contribution < 1.29 is 13.2 Å². The van der Waals surface area contributed by atoms with Crippen molar-refractivity contribution in [3.05, 3.63) is 75.9 Å². The topological polar surface area (TPSA) is 29.3 Å². The van der Waals surface area contributed by atoms with Crippen molar-refractivity contribution in [2.45, 2.75) is 26.1 Å². The van der Waals surface area contributed by atoms with Crippen LogP contribution in [0.1, 0.15) is 29.7 Å². The minimum absolute atomic E-state index is 0.226. The highest BCUT2D eigenvalue weighted by Crippen LogP contribution is 2.36. The monoisotopic (exact) mass is 447 g/mol. The predicted octanol–water partition coefficient (Wildman–Crippen LogP) is 6.75. The summed E-state index contributed by atoms with van der Waals surface area (Å²) in [6.07, 6.45) is -2.44. The number of fused-ring (bicyclic) bond motifs is 3. The third-order valence-electron chi connectivity index (χ3n) is 4.93. The summed E-state index contributed by atoms with van der Waals surface area (Å²) in [5.41, 5.74) is 1.94. The Kier molecular flexibility index (Phi) is 4.57. The molecule has 0 saturated carbocycles. The van der Waals surface area contributed by atoms with Crippen LogP contribution >= 0.6 is 15.9 Å². The van der Waals surface area contributed by atoms with E-state index in [1.165, 1.54) is 13.0 Å². The van der Waals surface area contributed by atoms with Crippen molar-refractivity contribution in [1.29, 1.82) is 0 Å². The van der Waals surface area contributed by atoms with E-state index in [0.29, 0.717) is 11.4 Å². The van der Waals surface area contributed by atoms with E-state index in [4.69, 9.17) is 0 Å². The Morgan fingerprint density at radius 2 is 1.89 bits per heavy atom. The Bertz CT molecular complexity index is 1180. The fraction of sp³-hybridized carbons (Fsp3) is 0.190. The molecule has 2 aromatic carbocycles. The number of benzene rings is 2. The van der Waals surface area contributed by atoms with Gasteiger partial charge in [0.15, 0.2) is 0 Å². The second-order valence-electron chi connectivity index (χ2n) is 6.74. The summed E-state index contributed by atoms with van der Waals surface area (Å²) in [4.78, 5) is 4.68. The van der Waals surface area contributed by atoms with E-state index in [0.717, 1.165) is 27.1 Å². The van der Waals surface area contributed by atoms with Gasteiger partial charge in [-0.25, -0.2) is 4.98 Å². The number of anilines is 1. The normalized spacial score (nSPS) is 13.2. The van der Waals surface area contributed by atoms with Crippen molar-refractivity contribution in [3.8, 4) is 0 Å². The lowest BCUT2D eigenvalue weighted by Gasteiger charge is -2.21. The first-order chi connectivity index (χ1) is 13.3. The molecule has 4 rings (SSSR count). The minimum atomic E-state index is -4.37. The van der Waals surface area contributed by atoms with Crippen molar-refractivity contribution in [2.24, 2.45) is 0 Å². The largest absolute Gasteiger partial charge is 0.416 e. The summed E-state index contributed by atoms with van der Waals surface area (Å²) in [7, 11) is 0. The van der Waals surface area contributed by atoms with Crippen LogP contribution in [0.4, 0.5) is 19.0 Å². The van der Waals surface area contributed by atoms with Crippen LogP contribution in [0, 0.1) is 6.92 Å². The average molecular weight is 448 g/mol. The standard InChI is InChI=1S/C21H17BrF3N3/c1-12-15(5-3-6-17(12)21(23,24)25)13(2)26-20-16-11-14(22)8-9-18(16)28-10-4-7-19(28)27-20/h3-11,13H,1-2H3,(H,26,27). The maximum absolute atomic E-state index is 13.3. The summed E-state index contributed by atoms with van der Waals surface area (Å²) < 4.78 is 42.7. The quantitative estimate of drug-likeness (QED) is 0.376. The number of alkyl halides is 3. The predicted molar refractivity (Wildman–Crippen MR) is 109 cm³/mol. The first-order valence-electron chi connectivity index (χ1n) is 8.75. The van der Waals surface area contributed by atoms with E-state index >= 15 is 0 Å². The van der Waals surface area contributed by atoms with Crippen molar-refractivity contribution in [2.75, 3.05) is 5.32 Å². The molecule has 28 heavy (non-hydrogen) atoms. The Hall–Kier alpha value is -2.54. The molecule has 0 bridgehead atoms. The third kappa shape index (κ3) is 3.24. The highest BCUT2D eigenvalue weighted by molar-refractivity contribution is 9.10. The number of hydrogen-bond donors (Lipinski definition) is 1. The Labute approximate surface area is 168 Å². The molecule has 0 fully saturated rings. The highest BCUT2D eigenvalue weighted by atomic mass is 79.9. The molecule has 1 atom stereocenters. The SMILES string of the molecule is Cc1c(C(C)Nc2nc3cccn3c3ccc(Br)cc23)cccc1C(F)(F)F. The molecular formula is C21H17BrF3N3. The van der Waals surface area contributed by atoms with E-state index in [-0.39, 0.29) is 11.6 Å². The Morgan fingerprint density at radius 1 is 1.11 bits per heavy atom. The molecule has 7 heteroatoms. The van der Waals surface area contributed by atoms with Crippen LogP contribution in [-0.4, -0.2) is 9.38 Å². The van der Waals surface area contributed by atoms with Gasteiger partial charge in [-0.15, -0.1) is 0 Å².